The van der Waals surface area contributed by atoms with Gasteiger partial charge in [0.1, 0.15) is 12.4 Å². The minimum Gasteiger partial charge on any atom is -0.480 e. The van der Waals surface area contributed by atoms with E-state index in [1.165, 1.54) is 0 Å². The molecule has 0 aliphatic heterocycles. The van der Waals surface area contributed by atoms with E-state index in [4.69, 9.17) is 21.6 Å². The molecule has 2 aromatic carbocycles. The van der Waals surface area contributed by atoms with E-state index in [1.807, 2.05) is 0 Å². The number of carboxylic acids is 1. The Morgan fingerprint density at radius 2 is 1.71 bits per heavy atom. The number of hydrogen-bond donors (Lipinski definition) is 1. The van der Waals surface area contributed by atoms with Gasteiger partial charge in [-0.2, -0.15) is 0 Å². The van der Waals surface area contributed by atoms with Gasteiger partial charge in [0.25, 0.3) is 0 Å². The number of carbonyl (C=O) groups is 1. The van der Waals surface area contributed by atoms with Crippen molar-refractivity contribution in [3.8, 4) is 22.5 Å². The Morgan fingerprint density at radius 3 is 2.32 bits per heavy atom. The number of rotatable bonds is 11. The van der Waals surface area contributed by atoms with Gasteiger partial charge in [0, 0.05) is 41.2 Å². The van der Waals surface area contributed by atoms with Gasteiger partial charge in [-0.15, -0.1) is 0 Å². The van der Waals surface area contributed by atoms with Crippen LogP contribution >= 0.6 is 0 Å². The van der Waals surface area contributed by atoms with Crippen LogP contribution in [0.1, 0.15) is 43.0 Å². The van der Waals surface area contributed by atoms with Gasteiger partial charge < -0.3 is 14.7 Å². The second-order valence-corrected chi connectivity index (χ2v) is 6.24. The van der Waals surface area contributed by atoms with Crippen LogP contribution in [0.25, 0.3) is 22.5 Å². The molecule has 0 atom stereocenters. The third-order valence-corrected chi connectivity index (χ3v) is 4.08. The summed E-state index contributed by atoms with van der Waals surface area (Å²) in [6, 6.07) is 14.9. The molecule has 31 heavy (non-hydrogen) atoms. The number of carboxylic acid groups (broad SMARTS) is 1. The molecule has 0 aliphatic rings. The molecule has 0 amide bonds. The fourth-order valence-electron chi connectivity index (χ4n) is 2.76. The number of hydrogen-bond acceptors (Lipinski definition) is 5. The lowest BCUT2D eigenvalue weighted by molar-refractivity contribution is -0.142. The summed E-state index contributed by atoms with van der Waals surface area (Å²) in [5, 5.41) is 8.96. The molecule has 0 bridgehead atoms. The van der Waals surface area contributed by atoms with Crippen LogP contribution in [0.3, 0.4) is 0 Å². The predicted molar refractivity (Wildman–Crippen MR) is 123 cm³/mol. The minimum absolute atomic E-state index is 0.188. The lowest BCUT2D eigenvalue weighted by Crippen LogP contribution is -2.33. The van der Waals surface area contributed by atoms with Gasteiger partial charge >= 0.3 is 5.97 Å². The third kappa shape index (κ3) is 6.36. The first kappa shape index (κ1) is 11.4. The molecule has 3 rings (SSSR count). The number of aliphatic carboxylic acids is 1. The van der Waals surface area contributed by atoms with E-state index in [9.17, 15) is 4.79 Å². The largest absolute Gasteiger partial charge is 0.480 e. The molecule has 0 aliphatic carbocycles. The van der Waals surface area contributed by atoms with Crippen LogP contribution in [0.15, 0.2) is 66.9 Å². The smallest absolute Gasteiger partial charge is 0.329 e. The lowest BCUT2D eigenvalue weighted by Gasteiger charge is -2.28. The van der Waals surface area contributed by atoms with Gasteiger partial charge in [-0.3, -0.25) is 4.98 Å². The molecule has 1 aromatic heterocycles. The maximum Gasteiger partial charge on any atom is 0.329 e. The zero-order chi connectivity index (χ0) is 32.4. The minimum atomic E-state index is -3.46. The molecule has 1 N–H and O–H groups in total. The summed E-state index contributed by atoms with van der Waals surface area (Å²) in [5.74, 6) is -2.59. The second kappa shape index (κ2) is 11.2. The van der Waals surface area contributed by atoms with E-state index in [-0.39, 0.29) is 5.69 Å². The Kier molecular flexibility index (Phi) is 4.13. The first-order valence-electron chi connectivity index (χ1n) is 15.4. The Morgan fingerprint density at radius 1 is 1.06 bits per heavy atom. The van der Waals surface area contributed by atoms with Crippen molar-refractivity contribution in [3.05, 3.63) is 66.9 Å². The SMILES string of the molecule is [2H]C([2H])(CCC([2H])([2H])N(c1cnc(-c2ccccc2)c(-c2ccccc2)n1)C(C([2H])([2H])[2H])C([2H])([2H])[2H])OC([2H])([2H])C(=O)O. The number of ether oxygens (including phenoxy) is 1. The van der Waals surface area contributed by atoms with Gasteiger partial charge in [0.05, 0.1) is 23.1 Å². The molecular weight excluding hydrogens is 390 g/mol. The molecule has 0 saturated heterocycles. The van der Waals surface area contributed by atoms with Crippen LogP contribution < -0.4 is 4.90 Å². The molecule has 0 saturated carbocycles. The van der Waals surface area contributed by atoms with Crippen LogP contribution in [0, 0.1) is 0 Å². The van der Waals surface area contributed by atoms with Crippen molar-refractivity contribution in [2.75, 3.05) is 24.5 Å². The van der Waals surface area contributed by atoms with Crippen LogP contribution in [-0.2, 0) is 9.53 Å². The Balaban J connectivity index is 2.20. The molecule has 0 radical (unpaired) electrons. The summed E-state index contributed by atoms with van der Waals surface area (Å²) in [4.78, 5) is 20.5. The maximum atomic E-state index is 11.1. The van der Waals surface area contributed by atoms with Crippen molar-refractivity contribution in [1.82, 2.24) is 9.97 Å². The average Bonchev–Trinajstić information content (AvgIpc) is 2.89. The monoisotopic (exact) mass is 431 g/mol. The summed E-state index contributed by atoms with van der Waals surface area (Å²) in [5.41, 5.74) is 1.66. The van der Waals surface area contributed by atoms with E-state index in [2.05, 4.69) is 14.7 Å². The van der Waals surface area contributed by atoms with E-state index in [0.29, 0.717) is 21.7 Å². The van der Waals surface area contributed by atoms with Crippen LogP contribution in [0.5, 0.6) is 0 Å². The zero-order valence-corrected chi connectivity index (χ0v) is 16.4. The van der Waals surface area contributed by atoms with Crippen molar-refractivity contribution in [3.63, 3.8) is 0 Å². The van der Waals surface area contributed by atoms with Crippen molar-refractivity contribution in [2.45, 2.75) is 32.6 Å². The van der Waals surface area contributed by atoms with Crippen LogP contribution in [0.2, 0.25) is 0 Å². The van der Waals surface area contributed by atoms with E-state index >= 15 is 0 Å². The first-order chi connectivity index (χ1) is 19.7. The highest BCUT2D eigenvalue weighted by molar-refractivity contribution is 5.78. The van der Waals surface area contributed by atoms with Crippen molar-refractivity contribution >= 4 is 11.8 Å². The topological polar surface area (TPSA) is 75.5 Å². The highest BCUT2D eigenvalue weighted by Crippen LogP contribution is 2.30. The summed E-state index contributed by atoms with van der Waals surface area (Å²) in [7, 11) is 0. The highest BCUT2D eigenvalue weighted by atomic mass is 16.5. The number of benzene rings is 2. The number of anilines is 1. The normalized spacial score (nSPS) is 18.9. The summed E-state index contributed by atoms with van der Waals surface area (Å²) in [6.45, 7) is -16.1. The van der Waals surface area contributed by atoms with E-state index in [0.717, 1.165) is 6.20 Å². The molecule has 6 nitrogen and oxygen atoms in total. The molecule has 6 heteroatoms. The zero-order valence-electron chi connectivity index (χ0n) is 28.4. The van der Waals surface area contributed by atoms with Gasteiger partial charge in [-0.1, -0.05) is 60.7 Å². The standard InChI is InChI=1S/C25H29N3O3/c1-19(2)28(15-9-10-16-31-18-23(29)30)22-17-26-24(20-11-5-3-6-12-20)25(27-22)21-13-7-4-8-14-21/h3-8,11-14,17,19H,9-10,15-16,18H2,1-2H3,(H,29,30)/i1D3,2D3,15D2,16D2,18D2. The summed E-state index contributed by atoms with van der Waals surface area (Å²) < 4.78 is 101. The highest BCUT2D eigenvalue weighted by Gasteiger charge is 2.17. The molecule has 3 aromatic rings. The molecule has 0 fully saturated rings. The fourth-order valence-corrected chi connectivity index (χ4v) is 2.76. The van der Waals surface area contributed by atoms with Crippen molar-refractivity contribution in [2.24, 2.45) is 0 Å². The Hall–Kier alpha value is -3.25. The molecule has 1 heterocycles. The fraction of sp³-hybridized carbons (Fsp3) is 0.320. The maximum absolute atomic E-state index is 11.1. The quantitative estimate of drug-likeness (QED) is 0.465. The van der Waals surface area contributed by atoms with Gasteiger partial charge in [0.15, 0.2) is 0 Å². The summed E-state index contributed by atoms with van der Waals surface area (Å²) >= 11 is 0. The van der Waals surface area contributed by atoms with E-state index in [1.54, 1.807) is 60.7 Å². The summed E-state index contributed by atoms with van der Waals surface area (Å²) in [6.07, 6.45) is -0.911. The molecular formula is C25H29N3O3. The number of nitrogens with zero attached hydrogens (tertiary/aromatic N) is 3. The third-order valence-electron chi connectivity index (χ3n) is 4.08. The predicted octanol–water partition coefficient (Wildman–Crippen LogP) is 4.91. The Bertz CT molecular complexity index is 1390. The first-order valence-corrected chi connectivity index (χ1v) is 9.36. The van der Waals surface area contributed by atoms with Gasteiger partial charge in [-0.25, -0.2) is 9.78 Å². The Labute approximate surface area is 200 Å². The molecule has 0 unspecified atom stereocenters. The number of aromatic nitrogens is 2. The van der Waals surface area contributed by atoms with Crippen molar-refractivity contribution in [1.29, 1.82) is 0 Å². The average molecular weight is 432 g/mol. The molecule has 162 valence electrons. The lowest BCUT2D eigenvalue weighted by atomic mass is 10.0. The molecule has 0 spiro atoms. The van der Waals surface area contributed by atoms with Crippen LogP contribution in [0.4, 0.5) is 5.82 Å². The second-order valence-electron chi connectivity index (χ2n) is 6.24. The van der Waals surface area contributed by atoms with Crippen molar-refractivity contribution < 1.29 is 31.1 Å². The van der Waals surface area contributed by atoms with E-state index < -0.39 is 64.0 Å². The van der Waals surface area contributed by atoms with Gasteiger partial charge in [0.2, 0.25) is 0 Å². The van der Waals surface area contributed by atoms with Gasteiger partial charge in [-0.05, 0) is 26.5 Å². The van der Waals surface area contributed by atoms with Crippen LogP contribution in [-0.4, -0.2) is 46.7 Å².